The van der Waals surface area contributed by atoms with Crippen LogP contribution in [0.15, 0.2) is 76.1 Å². The third kappa shape index (κ3) is 4.17. The van der Waals surface area contributed by atoms with Crippen LogP contribution in [0.3, 0.4) is 0 Å². The molecule has 3 aromatic carbocycles. The van der Waals surface area contributed by atoms with E-state index < -0.39 is 4.92 Å². The summed E-state index contributed by atoms with van der Waals surface area (Å²) in [6.45, 7) is 4.00. The Hall–Kier alpha value is -4.06. The van der Waals surface area contributed by atoms with Gasteiger partial charge in [0.15, 0.2) is 5.58 Å². The number of nitro groups is 1. The molecule has 4 aromatic rings. The third-order valence-electron chi connectivity index (χ3n) is 4.67. The lowest BCUT2D eigenvalue weighted by Crippen LogP contribution is -1.87. The van der Waals surface area contributed by atoms with Crippen molar-refractivity contribution in [3.63, 3.8) is 0 Å². The number of aryl methyl sites for hydroxylation is 2. The van der Waals surface area contributed by atoms with Crippen molar-refractivity contribution >= 4 is 34.8 Å². The number of fused-ring (bicyclic) bond motifs is 1. The molecule has 0 unspecified atom stereocenters. The molecule has 1 aromatic heterocycles. The summed E-state index contributed by atoms with van der Waals surface area (Å²) in [6, 6.07) is 18.2. The van der Waals surface area contributed by atoms with Gasteiger partial charge in [0, 0.05) is 23.9 Å². The Morgan fingerprint density at radius 2 is 1.93 bits per heavy atom. The second-order valence-electron chi connectivity index (χ2n) is 6.98. The van der Waals surface area contributed by atoms with Crippen LogP contribution >= 0.6 is 0 Å². The van der Waals surface area contributed by atoms with Gasteiger partial charge in [-0.3, -0.25) is 15.1 Å². The summed E-state index contributed by atoms with van der Waals surface area (Å²) in [5, 5.41) is 10.9. The number of hydrogen-bond donors (Lipinski definition) is 0. The largest absolute Gasteiger partial charge is 0.436 e. The molecule has 0 aliphatic heterocycles. The van der Waals surface area contributed by atoms with Crippen molar-refractivity contribution in [3.05, 3.63) is 93.5 Å². The van der Waals surface area contributed by atoms with Crippen molar-refractivity contribution < 1.29 is 9.34 Å². The van der Waals surface area contributed by atoms with Crippen LogP contribution in [0.25, 0.3) is 28.6 Å². The van der Waals surface area contributed by atoms with Crippen molar-refractivity contribution in [2.75, 3.05) is 0 Å². The zero-order valence-electron chi connectivity index (χ0n) is 16.6. The monoisotopic (exact) mass is 397 g/mol. The van der Waals surface area contributed by atoms with E-state index in [0.29, 0.717) is 5.89 Å². The molecule has 6 nitrogen and oxygen atoms in total. The molecule has 0 aliphatic rings. The second kappa shape index (κ2) is 8.13. The van der Waals surface area contributed by atoms with Gasteiger partial charge in [-0.15, -0.1) is 0 Å². The lowest BCUT2D eigenvalue weighted by atomic mass is 10.1. The van der Waals surface area contributed by atoms with E-state index >= 15 is 0 Å². The molecule has 0 amide bonds. The number of aliphatic imine (C=N–C) groups is 1. The molecule has 0 radical (unpaired) electrons. The SMILES string of the molecule is Cc1ccc2oc(-c3ccc(C)c(N=C/C=C/c4cccc([N+](=O)[O-])c4)c3)nc2c1. The van der Waals surface area contributed by atoms with E-state index in [2.05, 4.69) is 9.98 Å². The quantitative estimate of drug-likeness (QED) is 0.220. The zero-order chi connectivity index (χ0) is 21.1. The molecular formula is C24H19N3O3. The molecule has 0 fully saturated rings. The van der Waals surface area contributed by atoms with Crippen LogP contribution in [0.4, 0.5) is 11.4 Å². The lowest BCUT2D eigenvalue weighted by molar-refractivity contribution is -0.384. The number of allylic oxidation sites excluding steroid dienone is 1. The van der Waals surface area contributed by atoms with E-state index in [-0.39, 0.29) is 5.69 Å². The standard InChI is InChI=1S/C24H19N3O3/c1-16-8-11-23-22(13-16)26-24(30-23)19-10-9-17(2)21(15-19)25-12-4-6-18-5-3-7-20(14-18)27(28)29/h3-15H,1-2H3/b6-4+,25-12?. The first-order valence-electron chi connectivity index (χ1n) is 9.43. The first-order chi connectivity index (χ1) is 14.5. The molecule has 6 heteroatoms. The normalized spacial score (nSPS) is 11.7. The van der Waals surface area contributed by atoms with Crippen LogP contribution < -0.4 is 0 Å². The number of nitrogens with zero attached hydrogens (tertiary/aromatic N) is 3. The van der Waals surface area contributed by atoms with Crippen LogP contribution in [0.1, 0.15) is 16.7 Å². The molecule has 0 spiro atoms. The van der Waals surface area contributed by atoms with Crippen molar-refractivity contribution in [2.45, 2.75) is 13.8 Å². The van der Waals surface area contributed by atoms with Gasteiger partial charge in [0.1, 0.15) is 5.52 Å². The highest BCUT2D eigenvalue weighted by molar-refractivity contribution is 5.82. The fourth-order valence-electron chi connectivity index (χ4n) is 3.06. The summed E-state index contributed by atoms with van der Waals surface area (Å²) in [6.07, 6.45) is 5.20. The van der Waals surface area contributed by atoms with Crippen LogP contribution in [0, 0.1) is 24.0 Å². The van der Waals surface area contributed by atoms with E-state index in [1.54, 1.807) is 30.5 Å². The Morgan fingerprint density at radius 1 is 1.07 bits per heavy atom. The molecule has 0 aliphatic carbocycles. The van der Waals surface area contributed by atoms with E-state index in [1.807, 2.05) is 50.2 Å². The van der Waals surface area contributed by atoms with E-state index in [1.165, 1.54) is 12.1 Å². The summed E-state index contributed by atoms with van der Waals surface area (Å²) in [4.78, 5) is 19.6. The van der Waals surface area contributed by atoms with Crippen molar-refractivity contribution in [2.24, 2.45) is 4.99 Å². The highest BCUT2D eigenvalue weighted by Gasteiger charge is 2.10. The van der Waals surface area contributed by atoms with Crippen molar-refractivity contribution in [3.8, 4) is 11.5 Å². The van der Waals surface area contributed by atoms with Gasteiger partial charge in [0.25, 0.3) is 5.69 Å². The summed E-state index contributed by atoms with van der Waals surface area (Å²) < 4.78 is 5.89. The van der Waals surface area contributed by atoms with Gasteiger partial charge in [0.05, 0.1) is 10.6 Å². The number of aromatic nitrogens is 1. The number of nitro benzene ring substituents is 1. The predicted molar refractivity (Wildman–Crippen MR) is 119 cm³/mol. The van der Waals surface area contributed by atoms with Crippen molar-refractivity contribution in [1.29, 1.82) is 0 Å². The lowest BCUT2D eigenvalue weighted by Gasteiger charge is -2.02. The Bertz CT molecular complexity index is 1300. The molecule has 148 valence electrons. The first-order valence-corrected chi connectivity index (χ1v) is 9.43. The summed E-state index contributed by atoms with van der Waals surface area (Å²) in [7, 11) is 0. The fourth-order valence-corrected chi connectivity index (χ4v) is 3.06. The molecule has 0 N–H and O–H groups in total. The molecule has 0 atom stereocenters. The highest BCUT2D eigenvalue weighted by Crippen LogP contribution is 2.29. The van der Waals surface area contributed by atoms with Gasteiger partial charge in [-0.05, 0) is 60.9 Å². The van der Waals surface area contributed by atoms with E-state index in [0.717, 1.165) is 39.0 Å². The molecule has 30 heavy (non-hydrogen) atoms. The summed E-state index contributed by atoms with van der Waals surface area (Å²) >= 11 is 0. The molecule has 4 rings (SSSR count). The van der Waals surface area contributed by atoms with E-state index in [4.69, 9.17) is 4.42 Å². The Morgan fingerprint density at radius 3 is 2.77 bits per heavy atom. The van der Waals surface area contributed by atoms with Gasteiger partial charge >= 0.3 is 0 Å². The number of rotatable bonds is 5. The van der Waals surface area contributed by atoms with Crippen LogP contribution in [0.5, 0.6) is 0 Å². The number of hydrogen-bond acceptors (Lipinski definition) is 5. The molecule has 0 saturated carbocycles. The maximum atomic E-state index is 10.9. The minimum Gasteiger partial charge on any atom is -0.436 e. The maximum absolute atomic E-state index is 10.9. The fraction of sp³-hybridized carbons (Fsp3) is 0.0833. The molecule has 0 saturated heterocycles. The topological polar surface area (TPSA) is 81.5 Å². The predicted octanol–water partition coefficient (Wildman–Crippen LogP) is 6.44. The van der Waals surface area contributed by atoms with Gasteiger partial charge in [-0.2, -0.15) is 0 Å². The smallest absolute Gasteiger partial charge is 0.270 e. The second-order valence-corrected chi connectivity index (χ2v) is 6.98. The molecule has 0 bridgehead atoms. The molecular weight excluding hydrogens is 378 g/mol. The summed E-state index contributed by atoms with van der Waals surface area (Å²) in [5.41, 5.74) is 6.18. The van der Waals surface area contributed by atoms with Crippen molar-refractivity contribution in [1.82, 2.24) is 4.98 Å². The maximum Gasteiger partial charge on any atom is 0.270 e. The highest BCUT2D eigenvalue weighted by atomic mass is 16.6. The van der Waals surface area contributed by atoms with Crippen LogP contribution in [-0.2, 0) is 0 Å². The van der Waals surface area contributed by atoms with E-state index in [9.17, 15) is 10.1 Å². The average Bonchev–Trinajstić information content (AvgIpc) is 3.15. The Labute approximate surface area is 173 Å². The Balaban J connectivity index is 1.57. The summed E-state index contributed by atoms with van der Waals surface area (Å²) in [5.74, 6) is 0.555. The van der Waals surface area contributed by atoms with Gasteiger partial charge in [-0.1, -0.05) is 30.3 Å². The number of benzene rings is 3. The zero-order valence-corrected chi connectivity index (χ0v) is 16.6. The molecule has 1 heterocycles. The van der Waals surface area contributed by atoms with Crippen LogP contribution in [0.2, 0.25) is 0 Å². The number of non-ortho nitro benzene ring substituents is 1. The first kappa shape index (κ1) is 19.3. The average molecular weight is 397 g/mol. The number of oxazole rings is 1. The minimum atomic E-state index is -0.409. The van der Waals surface area contributed by atoms with Gasteiger partial charge in [-0.25, -0.2) is 4.98 Å². The van der Waals surface area contributed by atoms with Gasteiger partial charge in [0.2, 0.25) is 5.89 Å². The third-order valence-corrected chi connectivity index (χ3v) is 4.67. The van der Waals surface area contributed by atoms with Gasteiger partial charge < -0.3 is 4.42 Å². The Kier molecular flexibility index (Phi) is 5.22. The van der Waals surface area contributed by atoms with Crippen LogP contribution in [-0.4, -0.2) is 16.1 Å². The minimum absolute atomic E-state index is 0.0613.